The fourth-order valence-electron chi connectivity index (χ4n) is 1.75. The number of rotatable bonds is 5. The molecule has 2 rings (SSSR count). The SMILES string of the molecule is CCCNc1cc(C(=O)Nc2cnccc2C)c(Cl)cn1. The molecule has 0 bridgehead atoms. The number of hydrogen-bond donors (Lipinski definition) is 2. The lowest BCUT2D eigenvalue weighted by Gasteiger charge is -2.10. The lowest BCUT2D eigenvalue weighted by atomic mass is 10.2. The van der Waals surface area contributed by atoms with Crippen molar-refractivity contribution in [1.82, 2.24) is 9.97 Å². The summed E-state index contributed by atoms with van der Waals surface area (Å²) in [6.07, 6.45) is 5.74. The average Bonchev–Trinajstić information content (AvgIpc) is 2.48. The van der Waals surface area contributed by atoms with Crippen molar-refractivity contribution in [2.45, 2.75) is 20.3 Å². The van der Waals surface area contributed by atoms with Gasteiger partial charge in [0.25, 0.3) is 5.91 Å². The average molecular weight is 305 g/mol. The van der Waals surface area contributed by atoms with E-state index in [1.165, 1.54) is 6.20 Å². The Morgan fingerprint density at radius 3 is 2.90 bits per heavy atom. The smallest absolute Gasteiger partial charge is 0.257 e. The summed E-state index contributed by atoms with van der Waals surface area (Å²) in [6.45, 7) is 4.75. The fraction of sp³-hybridized carbons (Fsp3) is 0.267. The van der Waals surface area contributed by atoms with E-state index >= 15 is 0 Å². The summed E-state index contributed by atoms with van der Waals surface area (Å²) in [5, 5.41) is 6.25. The number of hydrogen-bond acceptors (Lipinski definition) is 4. The van der Waals surface area contributed by atoms with E-state index < -0.39 is 0 Å². The van der Waals surface area contributed by atoms with Gasteiger partial charge in [0.2, 0.25) is 0 Å². The van der Waals surface area contributed by atoms with Crippen LogP contribution in [-0.4, -0.2) is 22.4 Å². The maximum Gasteiger partial charge on any atom is 0.257 e. The summed E-state index contributed by atoms with van der Waals surface area (Å²) < 4.78 is 0. The quantitative estimate of drug-likeness (QED) is 0.887. The van der Waals surface area contributed by atoms with E-state index in [0.29, 0.717) is 22.1 Å². The molecule has 0 saturated heterocycles. The zero-order valence-corrected chi connectivity index (χ0v) is 12.7. The van der Waals surface area contributed by atoms with E-state index in [4.69, 9.17) is 11.6 Å². The van der Waals surface area contributed by atoms with E-state index in [1.807, 2.05) is 13.0 Å². The maximum absolute atomic E-state index is 12.3. The Kier molecular flexibility index (Phi) is 5.11. The molecular formula is C15H17ClN4O. The number of pyridine rings is 2. The van der Waals surface area contributed by atoms with Gasteiger partial charge in [-0.15, -0.1) is 0 Å². The Hall–Kier alpha value is -2.14. The summed E-state index contributed by atoms with van der Waals surface area (Å²) in [6, 6.07) is 3.48. The first kappa shape index (κ1) is 15.3. The molecule has 0 aliphatic carbocycles. The molecule has 0 fully saturated rings. The second-order valence-corrected chi connectivity index (χ2v) is 5.03. The highest BCUT2D eigenvalue weighted by atomic mass is 35.5. The van der Waals surface area contributed by atoms with Crippen LogP contribution >= 0.6 is 11.6 Å². The molecule has 2 aromatic heterocycles. The Bertz CT molecular complexity index is 645. The third-order valence-corrected chi connectivity index (χ3v) is 3.24. The number of aromatic nitrogens is 2. The van der Waals surface area contributed by atoms with Gasteiger partial charge in [0.15, 0.2) is 0 Å². The first-order chi connectivity index (χ1) is 10.1. The summed E-state index contributed by atoms with van der Waals surface area (Å²) in [7, 11) is 0. The molecule has 1 amide bonds. The summed E-state index contributed by atoms with van der Waals surface area (Å²) in [5.41, 5.74) is 1.99. The van der Waals surface area contributed by atoms with Gasteiger partial charge in [0, 0.05) is 18.9 Å². The van der Waals surface area contributed by atoms with Gasteiger partial charge >= 0.3 is 0 Å². The molecule has 21 heavy (non-hydrogen) atoms. The third kappa shape index (κ3) is 3.92. The van der Waals surface area contributed by atoms with Gasteiger partial charge in [0.1, 0.15) is 5.82 Å². The summed E-state index contributed by atoms with van der Waals surface area (Å²) in [5.74, 6) is 0.354. The van der Waals surface area contributed by atoms with Crippen LogP contribution in [0.25, 0.3) is 0 Å². The monoisotopic (exact) mass is 304 g/mol. The molecule has 0 atom stereocenters. The molecule has 0 radical (unpaired) electrons. The molecule has 6 heteroatoms. The fourth-order valence-corrected chi connectivity index (χ4v) is 1.94. The predicted octanol–water partition coefficient (Wildman–Crippen LogP) is 3.51. The lowest BCUT2D eigenvalue weighted by molar-refractivity contribution is 0.102. The molecule has 0 saturated carbocycles. The minimum atomic E-state index is -0.280. The van der Waals surface area contributed by atoms with Crippen LogP contribution in [0.1, 0.15) is 29.3 Å². The first-order valence-corrected chi connectivity index (χ1v) is 7.11. The van der Waals surface area contributed by atoms with Crippen molar-refractivity contribution in [1.29, 1.82) is 0 Å². The van der Waals surface area contributed by atoms with Crippen molar-refractivity contribution < 1.29 is 4.79 Å². The van der Waals surface area contributed by atoms with E-state index in [2.05, 4.69) is 27.5 Å². The van der Waals surface area contributed by atoms with Gasteiger partial charge in [-0.3, -0.25) is 9.78 Å². The number of carbonyl (C=O) groups excluding carboxylic acids is 1. The van der Waals surface area contributed by atoms with Crippen LogP contribution in [0.2, 0.25) is 5.02 Å². The number of carbonyl (C=O) groups is 1. The topological polar surface area (TPSA) is 66.9 Å². The highest BCUT2D eigenvalue weighted by Gasteiger charge is 2.13. The van der Waals surface area contributed by atoms with Crippen molar-refractivity contribution in [2.75, 3.05) is 17.2 Å². The molecule has 2 N–H and O–H groups in total. The van der Waals surface area contributed by atoms with Gasteiger partial charge in [0.05, 0.1) is 22.5 Å². The predicted molar refractivity (Wildman–Crippen MR) is 85.0 cm³/mol. The molecule has 0 spiro atoms. The number of anilines is 2. The van der Waals surface area contributed by atoms with Crippen molar-refractivity contribution in [3.8, 4) is 0 Å². The number of amides is 1. The molecule has 0 unspecified atom stereocenters. The maximum atomic E-state index is 12.3. The Balaban J connectivity index is 2.20. The molecule has 5 nitrogen and oxygen atoms in total. The highest BCUT2D eigenvalue weighted by molar-refractivity contribution is 6.34. The van der Waals surface area contributed by atoms with Crippen molar-refractivity contribution in [3.05, 3.63) is 46.9 Å². The van der Waals surface area contributed by atoms with E-state index in [-0.39, 0.29) is 5.91 Å². The van der Waals surface area contributed by atoms with Crippen LogP contribution in [0.15, 0.2) is 30.7 Å². The van der Waals surface area contributed by atoms with Crippen LogP contribution in [0.3, 0.4) is 0 Å². The Morgan fingerprint density at radius 2 is 2.19 bits per heavy atom. The Labute approximate surface area is 128 Å². The number of halogens is 1. The third-order valence-electron chi connectivity index (χ3n) is 2.94. The second kappa shape index (κ2) is 7.04. The number of aryl methyl sites for hydroxylation is 1. The molecule has 2 heterocycles. The van der Waals surface area contributed by atoms with Crippen LogP contribution < -0.4 is 10.6 Å². The lowest BCUT2D eigenvalue weighted by Crippen LogP contribution is -2.14. The molecule has 110 valence electrons. The van der Waals surface area contributed by atoms with Crippen molar-refractivity contribution in [3.63, 3.8) is 0 Å². The zero-order valence-electron chi connectivity index (χ0n) is 12.0. The number of nitrogens with one attached hydrogen (secondary N) is 2. The first-order valence-electron chi connectivity index (χ1n) is 6.73. The van der Waals surface area contributed by atoms with Crippen molar-refractivity contribution in [2.24, 2.45) is 0 Å². The van der Waals surface area contributed by atoms with Crippen LogP contribution in [0, 0.1) is 6.92 Å². The molecule has 0 aromatic carbocycles. The normalized spacial score (nSPS) is 10.2. The van der Waals surface area contributed by atoms with Crippen LogP contribution in [0.5, 0.6) is 0 Å². The van der Waals surface area contributed by atoms with Gasteiger partial charge in [-0.1, -0.05) is 18.5 Å². The van der Waals surface area contributed by atoms with Gasteiger partial charge in [-0.05, 0) is 31.0 Å². The molecule has 0 aliphatic heterocycles. The molecular weight excluding hydrogens is 288 g/mol. The summed E-state index contributed by atoms with van der Waals surface area (Å²) >= 11 is 6.06. The van der Waals surface area contributed by atoms with Crippen LogP contribution in [0.4, 0.5) is 11.5 Å². The largest absolute Gasteiger partial charge is 0.370 e. The Morgan fingerprint density at radius 1 is 1.38 bits per heavy atom. The van der Waals surface area contributed by atoms with Gasteiger partial charge < -0.3 is 10.6 Å². The second-order valence-electron chi connectivity index (χ2n) is 4.62. The minimum absolute atomic E-state index is 0.280. The zero-order chi connectivity index (χ0) is 15.2. The van der Waals surface area contributed by atoms with E-state index in [0.717, 1.165) is 18.5 Å². The van der Waals surface area contributed by atoms with Gasteiger partial charge in [-0.25, -0.2) is 4.98 Å². The minimum Gasteiger partial charge on any atom is -0.370 e. The molecule has 0 aliphatic rings. The van der Waals surface area contributed by atoms with Crippen LogP contribution in [-0.2, 0) is 0 Å². The highest BCUT2D eigenvalue weighted by Crippen LogP contribution is 2.20. The van der Waals surface area contributed by atoms with Crippen molar-refractivity contribution >= 4 is 29.0 Å². The standard InChI is InChI=1S/C15H17ClN4O/c1-3-5-18-14-7-11(12(16)8-19-14)15(21)20-13-9-17-6-4-10(13)2/h4,6-9H,3,5H2,1-2H3,(H,18,19)(H,20,21). The van der Waals surface area contributed by atoms with E-state index in [1.54, 1.807) is 18.5 Å². The number of nitrogens with zero attached hydrogens (tertiary/aromatic N) is 2. The van der Waals surface area contributed by atoms with E-state index in [9.17, 15) is 4.79 Å². The summed E-state index contributed by atoms with van der Waals surface area (Å²) in [4.78, 5) is 20.5. The molecule has 2 aromatic rings. The van der Waals surface area contributed by atoms with Gasteiger partial charge in [-0.2, -0.15) is 0 Å².